The van der Waals surface area contributed by atoms with Crippen LogP contribution in [0.5, 0.6) is 0 Å². The maximum Gasteiger partial charge on any atom is 0.189 e. The van der Waals surface area contributed by atoms with E-state index in [1.807, 2.05) is 0 Å². The van der Waals surface area contributed by atoms with Gasteiger partial charge in [-0.3, -0.25) is 4.99 Å². The fourth-order valence-corrected chi connectivity index (χ4v) is 3.21. The van der Waals surface area contributed by atoms with E-state index in [9.17, 15) is 0 Å². The summed E-state index contributed by atoms with van der Waals surface area (Å²) < 4.78 is 0. The Balaban J connectivity index is 1.46. The van der Waals surface area contributed by atoms with Gasteiger partial charge in [-0.1, -0.05) is 43.2 Å². The molecular weight excluding hydrogens is 234 g/mol. The molecule has 2 fully saturated rings. The average Bonchev–Trinajstić information content (AvgIpc) is 2.87. The first-order valence-corrected chi connectivity index (χ1v) is 7.46. The van der Waals surface area contributed by atoms with Crippen molar-refractivity contribution in [2.24, 2.45) is 10.7 Å². The topological polar surface area (TPSA) is 50.4 Å². The highest BCUT2D eigenvalue weighted by Gasteiger charge is 2.30. The zero-order valence-corrected chi connectivity index (χ0v) is 11.4. The first-order chi connectivity index (χ1) is 9.31. The van der Waals surface area contributed by atoms with E-state index in [1.165, 1.54) is 44.1 Å². The monoisotopic (exact) mass is 257 g/mol. The maximum atomic E-state index is 5.99. The molecule has 0 aromatic heterocycles. The molecule has 0 atom stereocenters. The first-order valence-electron chi connectivity index (χ1n) is 7.46. The van der Waals surface area contributed by atoms with Crippen LogP contribution in [0, 0.1) is 0 Å². The second kappa shape index (κ2) is 5.64. The van der Waals surface area contributed by atoms with E-state index in [-0.39, 0.29) is 0 Å². The van der Waals surface area contributed by atoms with Gasteiger partial charge in [0.15, 0.2) is 5.96 Å². The van der Waals surface area contributed by atoms with Crippen molar-refractivity contribution in [1.29, 1.82) is 0 Å². The van der Waals surface area contributed by atoms with Gasteiger partial charge in [0.2, 0.25) is 0 Å². The third-order valence-corrected chi connectivity index (χ3v) is 4.41. The van der Waals surface area contributed by atoms with Crippen LogP contribution in [-0.4, -0.2) is 18.0 Å². The maximum absolute atomic E-state index is 5.99. The summed E-state index contributed by atoms with van der Waals surface area (Å²) in [6.07, 6.45) is 7.37. The lowest BCUT2D eigenvalue weighted by Gasteiger charge is -2.36. The second-order valence-corrected chi connectivity index (χ2v) is 5.87. The molecule has 2 aliphatic rings. The quantitative estimate of drug-likeness (QED) is 0.646. The van der Waals surface area contributed by atoms with Gasteiger partial charge >= 0.3 is 0 Å². The van der Waals surface area contributed by atoms with Gasteiger partial charge in [-0.15, -0.1) is 0 Å². The van der Waals surface area contributed by atoms with Gasteiger partial charge in [-0.2, -0.15) is 0 Å². The number of benzene rings is 1. The zero-order chi connectivity index (χ0) is 13.1. The van der Waals surface area contributed by atoms with Crippen LogP contribution in [0.1, 0.15) is 50.0 Å². The number of hydrogen-bond donors (Lipinski definition) is 2. The molecule has 3 rings (SSSR count). The van der Waals surface area contributed by atoms with Crippen molar-refractivity contribution in [3.63, 3.8) is 0 Å². The van der Waals surface area contributed by atoms with Gasteiger partial charge in [-0.05, 0) is 37.2 Å². The Hall–Kier alpha value is -1.51. The van der Waals surface area contributed by atoms with Crippen molar-refractivity contribution in [3.8, 4) is 0 Å². The molecule has 0 amide bonds. The Morgan fingerprint density at radius 3 is 2.47 bits per heavy atom. The van der Waals surface area contributed by atoms with Gasteiger partial charge in [0.05, 0.1) is 6.04 Å². The summed E-state index contributed by atoms with van der Waals surface area (Å²) in [5.41, 5.74) is 7.44. The Bertz CT molecular complexity index is 429. The molecule has 0 radical (unpaired) electrons. The molecule has 2 saturated carbocycles. The number of hydrogen-bond acceptors (Lipinski definition) is 1. The van der Waals surface area contributed by atoms with Crippen LogP contribution < -0.4 is 11.1 Å². The molecular formula is C16H23N3. The van der Waals surface area contributed by atoms with E-state index in [4.69, 9.17) is 5.73 Å². The van der Waals surface area contributed by atoms with Crippen molar-refractivity contribution in [3.05, 3.63) is 35.9 Å². The molecule has 0 spiro atoms. The Kier molecular flexibility index (Phi) is 3.72. The molecule has 2 aliphatic carbocycles. The minimum atomic E-state index is 0.470. The Morgan fingerprint density at radius 2 is 1.79 bits per heavy atom. The van der Waals surface area contributed by atoms with E-state index in [1.54, 1.807) is 0 Å². The van der Waals surface area contributed by atoms with Crippen molar-refractivity contribution >= 4 is 5.96 Å². The van der Waals surface area contributed by atoms with Gasteiger partial charge < -0.3 is 11.1 Å². The third-order valence-electron chi connectivity index (χ3n) is 4.41. The van der Waals surface area contributed by atoms with Gasteiger partial charge in [-0.25, -0.2) is 0 Å². The first kappa shape index (κ1) is 12.5. The van der Waals surface area contributed by atoms with Crippen LogP contribution in [-0.2, 0) is 0 Å². The number of guanidine groups is 1. The molecule has 0 aliphatic heterocycles. The number of aliphatic imine (C=N–C) groups is 1. The molecule has 1 aromatic carbocycles. The zero-order valence-electron chi connectivity index (χ0n) is 11.4. The summed E-state index contributed by atoms with van der Waals surface area (Å²) in [5.74, 6) is 1.35. The highest BCUT2D eigenvalue weighted by atomic mass is 15.1. The molecule has 3 N–H and O–H groups in total. The van der Waals surface area contributed by atoms with E-state index in [0.717, 1.165) is 0 Å². The number of nitrogens with two attached hydrogens (primary N) is 1. The molecule has 0 bridgehead atoms. The van der Waals surface area contributed by atoms with Crippen molar-refractivity contribution < 1.29 is 0 Å². The van der Waals surface area contributed by atoms with Crippen LogP contribution in [0.2, 0.25) is 0 Å². The lowest BCUT2D eigenvalue weighted by molar-refractivity contribution is 0.323. The molecule has 0 unspecified atom stereocenters. The van der Waals surface area contributed by atoms with E-state index < -0.39 is 0 Å². The molecule has 0 heterocycles. The summed E-state index contributed by atoms with van der Waals surface area (Å²) in [5, 5.41) is 3.37. The molecule has 1 aromatic rings. The average molecular weight is 257 g/mol. The summed E-state index contributed by atoms with van der Waals surface area (Å²) >= 11 is 0. The normalized spacial score (nSPS) is 28.1. The minimum absolute atomic E-state index is 0.470. The molecule has 3 heteroatoms. The van der Waals surface area contributed by atoms with E-state index in [2.05, 4.69) is 40.6 Å². The largest absolute Gasteiger partial charge is 0.370 e. The van der Waals surface area contributed by atoms with Crippen molar-refractivity contribution in [2.75, 3.05) is 0 Å². The summed E-state index contributed by atoms with van der Waals surface area (Å²) in [6.45, 7) is 0. The van der Waals surface area contributed by atoms with Gasteiger partial charge in [0.1, 0.15) is 0 Å². The fraction of sp³-hybridized carbons (Fsp3) is 0.562. The molecule has 102 valence electrons. The number of rotatable bonds is 3. The summed E-state index contributed by atoms with van der Waals surface area (Å²) in [4.78, 5) is 4.58. The van der Waals surface area contributed by atoms with Crippen LogP contribution in [0.25, 0.3) is 0 Å². The van der Waals surface area contributed by atoms with Crippen molar-refractivity contribution in [2.45, 2.75) is 56.5 Å². The van der Waals surface area contributed by atoms with Crippen LogP contribution >= 0.6 is 0 Å². The van der Waals surface area contributed by atoms with Gasteiger partial charge in [0, 0.05) is 6.04 Å². The smallest absolute Gasteiger partial charge is 0.189 e. The number of nitrogens with zero attached hydrogens (tertiary/aromatic N) is 1. The van der Waals surface area contributed by atoms with Crippen LogP contribution in [0.4, 0.5) is 0 Å². The third kappa shape index (κ3) is 3.09. The van der Waals surface area contributed by atoms with Crippen molar-refractivity contribution in [1.82, 2.24) is 5.32 Å². The van der Waals surface area contributed by atoms with Gasteiger partial charge in [0.25, 0.3) is 0 Å². The lowest BCUT2D eigenvalue weighted by Crippen LogP contribution is -2.47. The van der Waals surface area contributed by atoms with Crippen LogP contribution in [0.15, 0.2) is 35.3 Å². The molecule has 19 heavy (non-hydrogen) atoms. The summed E-state index contributed by atoms with van der Waals surface area (Å²) in [6, 6.07) is 11.7. The standard InChI is InChI=1S/C16H23N3/c17-16(18-14-8-4-5-9-14)19-15-10-13(11-15)12-6-2-1-3-7-12/h1-3,6-7,13-15H,4-5,8-11H2,(H3,17,18,19). The van der Waals surface area contributed by atoms with Crippen LogP contribution in [0.3, 0.4) is 0 Å². The lowest BCUT2D eigenvalue weighted by atomic mass is 9.76. The predicted molar refractivity (Wildman–Crippen MR) is 79.2 cm³/mol. The second-order valence-electron chi connectivity index (χ2n) is 5.87. The summed E-state index contributed by atoms with van der Waals surface area (Å²) in [7, 11) is 0. The minimum Gasteiger partial charge on any atom is -0.370 e. The molecule has 3 nitrogen and oxygen atoms in total. The highest BCUT2D eigenvalue weighted by Crippen LogP contribution is 2.36. The molecule has 0 saturated heterocycles. The SMILES string of the molecule is NC(=NC1CCCC1)NC1CC(c2ccccc2)C1. The predicted octanol–water partition coefficient (Wildman–Crippen LogP) is 2.78. The Morgan fingerprint density at radius 1 is 1.11 bits per heavy atom. The number of nitrogens with one attached hydrogen (secondary N) is 1. The highest BCUT2D eigenvalue weighted by molar-refractivity contribution is 5.78. The van der Waals surface area contributed by atoms with E-state index in [0.29, 0.717) is 24.0 Å². The van der Waals surface area contributed by atoms with E-state index >= 15 is 0 Å². The fourth-order valence-electron chi connectivity index (χ4n) is 3.21. The Labute approximate surface area is 115 Å².